The Morgan fingerprint density at radius 2 is 1.75 bits per heavy atom. The maximum atomic E-state index is 11.0. The van der Waals surface area contributed by atoms with Crippen molar-refractivity contribution < 1.29 is 29.5 Å². The Bertz CT molecular complexity index is 497. The third kappa shape index (κ3) is 3.67. The molecule has 0 aliphatic rings. The van der Waals surface area contributed by atoms with E-state index in [0.717, 1.165) is 0 Å². The average Bonchev–Trinajstić information content (AvgIpc) is 2.36. The van der Waals surface area contributed by atoms with Crippen molar-refractivity contribution in [1.82, 2.24) is 0 Å². The molecule has 0 aliphatic heterocycles. The van der Waals surface area contributed by atoms with Gasteiger partial charge in [-0.15, -0.1) is 0 Å². The van der Waals surface area contributed by atoms with Crippen LogP contribution in [0.1, 0.15) is 11.5 Å². The van der Waals surface area contributed by atoms with Crippen LogP contribution in [-0.4, -0.2) is 40.7 Å². The third-order valence-electron chi connectivity index (χ3n) is 2.82. The second-order valence-corrected chi connectivity index (χ2v) is 4.05. The molecule has 0 aromatic heterocycles. The van der Waals surface area contributed by atoms with Crippen molar-refractivity contribution in [1.29, 1.82) is 0 Å². The van der Waals surface area contributed by atoms with Crippen molar-refractivity contribution >= 4 is 11.9 Å². The van der Waals surface area contributed by atoms with Crippen LogP contribution in [0.15, 0.2) is 24.3 Å². The highest BCUT2D eigenvalue weighted by Gasteiger charge is 2.39. The van der Waals surface area contributed by atoms with Crippen LogP contribution >= 0.6 is 0 Å². The number of hydrogen-bond donors (Lipinski definition) is 2. The second-order valence-electron chi connectivity index (χ2n) is 4.05. The molecule has 1 aromatic rings. The van der Waals surface area contributed by atoms with Crippen LogP contribution in [0.2, 0.25) is 0 Å². The van der Waals surface area contributed by atoms with E-state index in [0.29, 0.717) is 5.75 Å². The number of carbonyl (C=O) groups is 2. The zero-order chi connectivity index (χ0) is 15.3. The van der Waals surface area contributed by atoms with Crippen LogP contribution < -0.4 is 4.74 Å². The first kappa shape index (κ1) is 15.4. The first-order chi connectivity index (χ1) is 9.36. The van der Waals surface area contributed by atoms with Crippen molar-refractivity contribution in [2.75, 3.05) is 13.7 Å². The summed E-state index contributed by atoms with van der Waals surface area (Å²) in [5, 5.41) is 28.6. The lowest BCUT2D eigenvalue weighted by Gasteiger charge is -2.18. The van der Waals surface area contributed by atoms with Crippen LogP contribution in [-0.2, 0) is 9.59 Å². The molecular formula is C12H13NO7. The number of nitrogens with zero attached hydrogens (tertiary/aromatic N) is 1. The van der Waals surface area contributed by atoms with E-state index in [4.69, 9.17) is 14.9 Å². The van der Waals surface area contributed by atoms with E-state index >= 15 is 0 Å². The summed E-state index contributed by atoms with van der Waals surface area (Å²) >= 11 is 0. The number of ether oxygens (including phenoxy) is 1. The summed E-state index contributed by atoms with van der Waals surface area (Å²) in [6.45, 7) is -0.782. The van der Waals surface area contributed by atoms with E-state index < -0.39 is 35.2 Å². The Labute approximate surface area is 113 Å². The molecular weight excluding hydrogens is 270 g/mol. The quantitative estimate of drug-likeness (QED) is 0.431. The fourth-order valence-corrected chi connectivity index (χ4v) is 1.86. The summed E-state index contributed by atoms with van der Waals surface area (Å²) in [6.07, 6.45) is 0. The molecule has 0 heterocycles. The molecule has 1 aromatic carbocycles. The number of rotatable bonds is 7. The van der Waals surface area contributed by atoms with Gasteiger partial charge in [0.25, 0.3) is 0 Å². The summed E-state index contributed by atoms with van der Waals surface area (Å²) in [5.74, 6) is -5.88. The first-order valence-corrected chi connectivity index (χ1v) is 5.58. The van der Waals surface area contributed by atoms with Gasteiger partial charge in [0.1, 0.15) is 5.75 Å². The largest absolute Gasteiger partial charge is 0.497 e. The fourth-order valence-electron chi connectivity index (χ4n) is 1.86. The summed E-state index contributed by atoms with van der Waals surface area (Å²) in [4.78, 5) is 32.0. The van der Waals surface area contributed by atoms with Crippen molar-refractivity contribution in [3.63, 3.8) is 0 Å². The van der Waals surface area contributed by atoms with Crippen LogP contribution in [0.3, 0.4) is 0 Å². The molecule has 1 rings (SSSR count). The van der Waals surface area contributed by atoms with E-state index in [-0.39, 0.29) is 5.56 Å². The number of carboxylic acids is 2. The molecule has 1 unspecified atom stereocenters. The van der Waals surface area contributed by atoms with Gasteiger partial charge in [-0.3, -0.25) is 19.7 Å². The molecule has 1 atom stereocenters. The van der Waals surface area contributed by atoms with E-state index in [2.05, 4.69) is 0 Å². The first-order valence-electron chi connectivity index (χ1n) is 5.58. The van der Waals surface area contributed by atoms with Crippen LogP contribution in [0.4, 0.5) is 0 Å². The van der Waals surface area contributed by atoms with Gasteiger partial charge in [0.05, 0.1) is 13.0 Å². The number of methoxy groups -OCH3 is 1. The topological polar surface area (TPSA) is 127 Å². The molecule has 0 bridgehead atoms. The molecule has 0 aliphatic carbocycles. The van der Waals surface area contributed by atoms with Gasteiger partial charge in [-0.25, -0.2) is 0 Å². The zero-order valence-corrected chi connectivity index (χ0v) is 10.6. The molecule has 0 spiro atoms. The Balaban J connectivity index is 3.18. The molecule has 20 heavy (non-hydrogen) atoms. The lowest BCUT2D eigenvalue weighted by Crippen LogP contribution is -2.33. The minimum absolute atomic E-state index is 0.261. The highest BCUT2D eigenvalue weighted by atomic mass is 16.6. The average molecular weight is 283 g/mol. The van der Waals surface area contributed by atoms with Gasteiger partial charge in [0, 0.05) is 4.92 Å². The Morgan fingerprint density at radius 3 is 2.10 bits per heavy atom. The van der Waals surface area contributed by atoms with E-state index in [9.17, 15) is 19.7 Å². The highest BCUT2D eigenvalue weighted by Crippen LogP contribution is 2.27. The highest BCUT2D eigenvalue weighted by molar-refractivity contribution is 5.94. The van der Waals surface area contributed by atoms with Gasteiger partial charge in [-0.05, 0) is 17.7 Å². The van der Waals surface area contributed by atoms with Crippen molar-refractivity contribution in [2.45, 2.75) is 5.92 Å². The van der Waals surface area contributed by atoms with E-state index in [1.54, 1.807) is 0 Å². The Hall–Kier alpha value is -2.64. The number of carboxylic acid groups (broad SMARTS) is 2. The zero-order valence-electron chi connectivity index (χ0n) is 10.6. The molecule has 8 heteroatoms. The van der Waals surface area contributed by atoms with Crippen LogP contribution in [0.25, 0.3) is 0 Å². The lowest BCUT2D eigenvalue weighted by atomic mass is 9.86. The van der Waals surface area contributed by atoms with Crippen molar-refractivity contribution in [3.05, 3.63) is 39.9 Å². The van der Waals surface area contributed by atoms with Gasteiger partial charge in [-0.2, -0.15) is 0 Å². The number of nitro groups is 1. The fraction of sp³-hybridized carbons (Fsp3) is 0.333. The number of benzene rings is 1. The maximum Gasteiger partial charge on any atom is 0.318 e. The van der Waals surface area contributed by atoms with Crippen molar-refractivity contribution in [2.24, 2.45) is 5.92 Å². The Morgan fingerprint density at radius 1 is 1.25 bits per heavy atom. The predicted octanol–water partition coefficient (Wildman–Crippen LogP) is 0.841. The molecule has 0 amide bonds. The van der Waals surface area contributed by atoms with Gasteiger partial charge in [-0.1, -0.05) is 12.1 Å². The minimum Gasteiger partial charge on any atom is -0.497 e. The van der Waals surface area contributed by atoms with Gasteiger partial charge in [0.2, 0.25) is 6.54 Å². The summed E-state index contributed by atoms with van der Waals surface area (Å²) in [5.41, 5.74) is 0.261. The molecule has 0 radical (unpaired) electrons. The van der Waals surface area contributed by atoms with Gasteiger partial charge in [0.15, 0.2) is 5.92 Å². The van der Waals surface area contributed by atoms with Crippen molar-refractivity contribution in [3.8, 4) is 5.75 Å². The van der Waals surface area contributed by atoms with Gasteiger partial charge < -0.3 is 14.9 Å². The van der Waals surface area contributed by atoms with Crippen LogP contribution in [0, 0.1) is 16.0 Å². The monoisotopic (exact) mass is 283 g/mol. The molecule has 8 nitrogen and oxygen atoms in total. The van der Waals surface area contributed by atoms with E-state index in [1.807, 2.05) is 0 Å². The molecule has 0 saturated heterocycles. The lowest BCUT2D eigenvalue weighted by molar-refractivity contribution is -0.484. The molecule has 108 valence electrons. The second kappa shape index (κ2) is 6.50. The molecule has 0 saturated carbocycles. The SMILES string of the molecule is COc1ccc(C(C[N+](=O)[O-])C(C(=O)O)C(=O)O)cc1. The number of aliphatic carboxylic acids is 2. The smallest absolute Gasteiger partial charge is 0.318 e. The van der Waals surface area contributed by atoms with Gasteiger partial charge >= 0.3 is 11.9 Å². The number of hydrogen-bond acceptors (Lipinski definition) is 5. The third-order valence-corrected chi connectivity index (χ3v) is 2.82. The standard InChI is InChI=1S/C12H13NO7/c1-20-8-4-2-7(3-5-8)9(6-13(18)19)10(11(14)15)12(16)17/h2-5,9-10H,6H2,1H3,(H,14,15)(H,16,17). The maximum absolute atomic E-state index is 11.0. The van der Waals surface area contributed by atoms with E-state index in [1.165, 1.54) is 31.4 Å². The summed E-state index contributed by atoms with van der Waals surface area (Å²) in [7, 11) is 1.43. The molecule has 2 N–H and O–H groups in total. The summed E-state index contributed by atoms with van der Waals surface area (Å²) in [6, 6.07) is 5.82. The molecule has 0 fully saturated rings. The minimum atomic E-state index is -1.88. The van der Waals surface area contributed by atoms with Crippen LogP contribution in [0.5, 0.6) is 5.75 Å². The summed E-state index contributed by atoms with van der Waals surface area (Å²) < 4.78 is 4.92. The normalized spacial score (nSPS) is 11.9. The Kier molecular flexibility index (Phi) is 5.01. The predicted molar refractivity (Wildman–Crippen MR) is 66.4 cm³/mol.